The minimum Gasteiger partial charge on any atom is -0.436 e. The Labute approximate surface area is 152 Å². The number of nitrogens with zero attached hydrogens (tertiary/aromatic N) is 1. The summed E-state index contributed by atoms with van der Waals surface area (Å²) in [5.41, 5.74) is 1.19. The van der Waals surface area contributed by atoms with E-state index in [1.54, 1.807) is 23.1 Å². The van der Waals surface area contributed by atoms with Crippen LogP contribution in [-0.2, 0) is 4.74 Å². The lowest BCUT2D eigenvalue weighted by molar-refractivity contribution is 0.176. The molecule has 0 fully saturated rings. The van der Waals surface area contributed by atoms with E-state index in [1.165, 1.54) is 6.07 Å². The van der Waals surface area contributed by atoms with Gasteiger partial charge in [0.25, 0.3) is 0 Å². The maximum Gasteiger partial charge on any atom is 0.419 e. The normalized spacial score (nSPS) is 9.69. The van der Waals surface area contributed by atoms with E-state index < -0.39 is 12.2 Å². The average Bonchev–Trinajstić information content (AvgIpc) is 2.65. The highest BCUT2D eigenvalue weighted by molar-refractivity contribution is 5.89. The molecule has 0 saturated heterocycles. The van der Waals surface area contributed by atoms with Gasteiger partial charge in [-0.1, -0.05) is 37.1 Å². The number of rotatable bonds is 6. The van der Waals surface area contributed by atoms with Gasteiger partial charge in [-0.05, 0) is 30.7 Å². The van der Waals surface area contributed by atoms with Gasteiger partial charge in [-0.15, -0.1) is 6.42 Å². The Morgan fingerprint density at radius 2 is 1.92 bits per heavy atom. The molecule has 0 unspecified atom stereocenters. The molecule has 0 spiro atoms. The predicted octanol–water partition coefficient (Wildman–Crippen LogP) is 4.28. The largest absolute Gasteiger partial charge is 0.436 e. The number of benzene rings is 2. The maximum atomic E-state index is 12.5. The monoisotopic (exact) mass is 352 g/mol. The highest BCUT2D eigenvalue weighted by atomic mass is 16.6. The highest BCUT2D eigenvalue weighted by Gasteiger charge is 2.17. The Morgan fingerprint density at radius 1 is 1.15 bits per heavy atom. The van der Waals surface area contributed by atoms with E-state index in [0.29, 0.717) is 18.0 Å². The predicted molar refractivity (Wildman–Crippen MR) is 100 cm³/mol. The smallest absolute Gasteiger partial charge is 0.419 e. The van der Waals surface area contributed by atoms with E-state index in [0.717, 1.165) is 12.1 Å². The lowest BCUT2D eigenvalue weighted by Crippen LogP contribution is -2.34. The van der Waals surface area contributed by atoms with Crippen molar-refractivity contribution >= 4 is 23.6 Å². The first kappa shape index (κ1) is 18.9. The number of para-hydroxylation sites is 1. The average molecular weight is 352 g/mol. The van der Waals surface area contributed by atoms with Crippen LogP contribution in [0.25, 0.3) is 0 Å². The Morgan fingerprint density at radius 3 is 2.62 bits per heavy atom. The van der Waals surface area contributed by atoms with E-state index >= 15 is 0 Å². The third-order valence-corrected chi connectivity index (χ3v) is 3.31. The summed E-state index contributed by atoms with van der Waals surface area (Å²) in [5, 5.41) is 2.51. The van der Waals surface area contributed by atoms with Gasteiger partial charge in [0.1, 0.15) is 5.75 Å². The molecule has 2 amide bonds. The van der Waals surface area contributed by atoms with Crippen molar-refractivity contribution in [2.75, 3.05) is 23.4 Å². The third kappa shape index (κ3) is 5.56. The standard InChI is InChI=1S/C20H20N2O4/c1-3-13-22(17-10-6-5-7-11-17)20(24)26-18-12-8-9-16(15-18)21-19(23)25-14-4-2/h2,5-12,15H,3,13-14H2,1H3,(H,21,23). The quantitative estimate of drug-likeness (QED) is 0.788. The lowest BCUT2D eigenvalue weighted by Gasteiger charge is -2.21. The van der Waals surface area contributed by atoms with Crippen molar-refractivity contribution in [2.24, 2.45) is 0 Å². The first-order chi connectivity index (χ1) is 12.6. The summed E-state index contributed by atoms with van der Waals surface area (Å²) < 4.78 is 10.2. The van der Waals surface area contributed by atoms with Crippen LogP contribution in [0.1, 0.15) is 13.3 Å². The van der Waals surface area contributed by atoms with Gasteiger partial charge in [0, 0.05) is 24.0 Å². The molecular formula is C20H20N2O4. The van der Waals surface area contributed by atoms with Crippen molar-refractivity contribution in [3.63, 3.8) is 0 Å². The Balaban J connectivity index is 2.07. The molecule has 0 aliphatic carbocycles. The summed E-state index contributed by atoms with van der Waals surface area (Å²) in [7, 11) is 0. The van der Waals surface area contributed by atoms with Crippen molar-refractivity contribution in [1.29, 1.82) is 0 Å². The van der Waals surface area contributed by atoms with Crippen LogP contribution in [0.15, 0.2) is 54.6 Å². The van der Waals surface area contributed by atoms with Gasteiger partial charge < -0.3 is 9.47 Å². The molecule has 134 valence electrons. The zero-order chi connectivity index (χ0) is 18.8. The Kier molecular flexibility index (Phi) is 7.07. The molecule has 6 heteroatoms. The second-order valence-corrected chi connectivity index (χ2v) is 5.29. The number of nitrogens with one attached hydrogen (secondary N) is 1. The summed E-state index contributed by atoms with van der Waals surface area (Å²) in [6, 6.07) is 15.8. The SMILES string of the molecule is C#CCOC(=O)Nc1cccc(OC(=O)N(CCC)c2ccccc2)c1. The van der Waals surface area contributed by atoms with E-state index in [1.807, 2.05) is 37.3 Å². The molecule has 1 N–H and O–H groups in total. The number of anilines is 2. The van der Waals surface area contributed by atoms with Gasteiger partial charge in [0.2, 0.25) is 0 Å². The van der Waals surface area contributed by atoms with E-state index in [2.05, 4.69) is 11.2 Å². The second-order valence-electron chi connectivity index (χ2n) is 5.29. The Bertz CT molecular complexity index is 784. The summed E-state index contributed by atoms with van der Waals surface area (Å²) in [6.45, 7) is 2.39. The maximum absolute atomic E-state index is 12.5. The molecule has 0 atom stereocenters. The fourth-order valence-electron chi connectivity index (χ4n) is 2.21. The first-order valence-electron chi connectivity index (χ1n) is 8.15. The number of ether oxygens (including phenoxy) is 2. The van der Waals surface area contributed by atoms with Gasteiger partial charge in [0.15, 0.2) is 6.61 Å². The van der Waals surface area contributed by atoms with Crippen molar-refractivity contribution in [3.05, 3.63) is 54.6 Å². The van der Waals surface area contributed by atoms with Crippen LogP contribution >= 0.6 is 0 Å². The van der Waals surface area contributed by atoms with E-state index in [-0.39, 0.29) is 6.61 Å². The molecule has 0 aliphatic heterocycles. The van der Waals surface area contributed by atoms with Crippen LogP contribution in [-0.4, -0.2) is 25.3 Å². The number of hydrogen-bond donors (Lipinski definition) is 1. The highest BCUT2D eigenvalue weighted by Crippen LogP contribution is 2.21. The van der Waals surface area contributed by atoms with Crippen molar-refractivity contribution < 1.29 is 19.1 Å². The van der Waals surface area contributed by atoms with Gasteiger partial charge >= 0.3 is 12.2 Å². The number of carbonyl (C=O) groups is 2. The fourth-order valence-corrected chi connectivity index (χ4v) is 2.21. The summed E-state index contributed by atoms with van der Waals surface area (Å²) in [6.07, 6.45) is 4.64. The van der Waals surface area contributed by atoms with Crippen LogP contribution in [0.5, 0.6) is 5.75 Å². The van der Waals surface area contributed by atoms with E-state index in [9.17, 15) is 9.59 Å². The number of carbonyl (C=O) groups excluding carboxylic acids is 2. The molecule has 0 radical (unpaired) electrons. The van der Waals surface area contributed by atoms with Crippen molar-refractivity contribution in [1.82, 2.24) is 0 Å². The molecule has 2 aromatic rings. The summed E-state index contributed by atoms with van der Waals surface area (Å²) in [5.74, 6) is 2.51. The molecule has 2 rings (SSSR count). The zero-order valence-corrected chi connectivity index (χ0v) is 14.5. The minimum atomic E-state index is -0.677. The zero-order valence-electron chi connectivity index (χ0n) is 14.5. The molecular weight excluding hydrogens is 332 g/mol. The van der Waals surface area contributed by atoms with Crippen LogP contribution in [0.2, 0.25) is 0 Å². The van der Waals surface area contributed by atoms with Crippen molar-refractivity contribution in [3.8, 4) is 18.1 Å². The van der Waals surface area contributed by atoms with Gasteiger partial charge in [0.05, 0.1) is 0 Å². The molecule has 0 bridgehead atoms. The molecule has 0 saturated carbocycles. The Hall–Kier alpha value is -3.46. The number of amides is 2. The lowest BCUT2D eigenvalue weighted by atomic mass is 10.3. The van der Waals surface area contributed by atoms with E-state index in [4.69, 9.17) is 15.9 Å². The number of terminal acetylenes is 1. The summed E-state index contributed by atoms with van der Waals surface area (Å²) in [4.78, 5) is 25.6. The van der Waals surface area contributed by atoms with Crippen LogP contribution in [0, 0.1) is 12.3 Å². The van der Waals surface area contributed by atoms with Gasteiger partial charge in [-0.2, -0.15) is 0 Å². The van der Waals surface area contributed by atoms with Gasteiger partial charge in [-0.25, -0.2) is 9.59 Å². The first-order valence-corrected chi connectivity index (χ1v) is 8.15. The fraction of sp³-hybridized carbons (Fsp3) is 0.200. The van der Waals surface area contributed by atoms with Crippen LogP contribution in [0.4, 0.5) is 21.0 Å². The van der Waals surface area contributed by atoms with Crippen LogP contribution in [0.3, 0.4) is 0 Å². The third-order valence-electron chi connectivity index (χ3n) is 3.31. The molecule has 6 nitrogen and oxygen atoms in total. The van der Waals surface area contributed by atoms with Crippen molar-refractivity contribution in [2.45, 2.75) is 13.3 Å². The molecule has 0 aliphatic rings. The summed E-state index contributed by atoms with van der Waals surface area (Å²) >= 11 is 0. The molecule has 2 aromatic carbocycles. The molecule has 0 aromatic heterocycles. The minimum absolute atomic E-state index is 0.121. The van der Waals surface area contributed by atoms with Crippen LogP contribution < -0.4 is 15.0 Å². The second kappa shape index (κ2) is 9.74. The number of hydrogen-bond acceptors (Lipinski definition) is 4. The molecule has 0 heterocycles. The molecule has 26 heavy (non-hydrogen) atoms. The van der Waals surface area contributed by atoms with Gasteiger partial charge in [-0.3, -0.25) is 10.2 Å². The topological polar surface area (TPSA) is 67.9 Å².